The highest BCUT2D eigenvalue weighted by Gasteiger charge is 2.18. The van der Waals surface area contributed by atoms with Gasteiger partial charge in [-0.3, -0.25) is 0 Å². The summed E-state index contributed by atoms with van der Waals surface area (Å²) in [6.07, 6.45) is 0. The van der Waals surface area contributed by atoms with Gasteiger partial charge in [-0.2, -0.15) is 0 Å². The Balaban J connectivity index is 3.14. The minimum Gasteiger partial charge on any atom is -0.478 e. The number of carboxylic acid groups (broad SMARTS) is 1. The summed E-state index contributed by atoms with van der Waals surface area (Å²) >= 11 is 0. The maximum atomic E-state index is 11.1. The molecule has 4 heteroatoms. The first kappa shape index (κ1) is 14.2. The van der Waals surface area contributed by atoms with E-state index in [1.807, 2.05) is 27.7 Å². The number of anilines is 1. The molecular weight excluding hydrogens is 228 g/mol. The summed E-state index contributed by atoms with van der Waals surface area (Å²) in [5.41, 5.74) is 1.78. The van der Waals surface area contributed by atoms with Crippen molar-refractivity contribution in [3.63, 3.8) is 0 Å². The van der Waals surface area contributed by atoms with Crippen LogP contribution in [0.4, 0.5) is 5.82 Å². The van der Waals surface area contributed by atoms with E-state index in [4.69, 9.17) is 5.11 Å². The molecule has 1 aromatic heterocycles. The third-order valence-electron chi connectivity index (χ3n) is 2.41. The van der Waals surface area contributed by atoms with E-state index in [9.17, 15) is 4.79 Å². The smallest absolute Gasteiger partial charge is 0.335 e. The largest absolute Gasteiger partial charge is 0.478 e. The number of hydrogen-bond donors (Lipinski definition) is 2. The summed E-state index contributed by atoms with van der Waals surface area (Å²) in [4.78, 5) is 15.5. The van der Waals surface area contributed by atoms with Gasteiger partial charge in [0.15, 0.2) is 0 Å². The average Bonchev–Trinajstić information content (AvgIpc) is 2.24. The first-order chi connectivity index (χ1) is 8.20. The molecule has 0 aliphatic carbocycles. The Hall–Kier alpha value is -1.84. The molecule has 0 saturated heterocycles. The van der Waals surface area contributed by atoms with E-state index in [1.54, 1.807) is 12.1 Å². The molecule has 0 atom stereocenters. The minimum absolute atomic E-state index is 0.189. The molecule has 0 radical (unpaired) electrons. The lowest BCUT2D eigenvalue weighted by molar-refractivity contribution is 0.0696. The first-order valence-electron chi connectivity index (χ1n) is 5.84. The van der Waals surface area contributed by atoms with Gasteiger partial charge in [-0.15, -0.1) is 0 Å². The minimum atomic E-state index is -0.943. The fraction of sp³-hybridized carbons (Fsp3) is 0.429. The standard InChI is InChI=1S/C14H20N2O2/c1-9(2)8-15-12-7-10(13(17)18)6-11(16-12)14(3,4)5/h6-7H,1,8H2,2-5H3,(H,15,16)(H,17,18). The van der Waals surface area contributed by atoms with Gasteiger partial charge in [-0.25, -0.2) is 9.78 Å². The van der Waals surface area contributed by atoms with Crippen molar-refractivity contribution < 1.29 is 9.90 Å². The summed E-state index contributed by atoms with van der Waals surface area (Å²) in [6.45, 7) is 12.3. The summed E-state index contributed by atoms with van der Waals surface area (Å²) in [7, 11) is 0. The zero-order valence-electron chi connectivity index (χ0n) is 11.4. The van der Waals surface area contributed by atoms with Gasteiger partial charge in [0.2, 0.25) is 0 Å². The number of aromatic carboxylic acids is 1. The van der Waals surface area contributed by atoms with Crippen molar-refractivity contribution in [3.05, 3.63) is 35.5 Å². The van der Waals surface area contributed by atoms with Crippen molar-refractivity contribution in [2.45, 2.75) is 33.1 Å². The SMILES string of the molecule is C=C(C)CNc1cc(C(=O)O)cc(C(C)(C)C)n1. The Labute approximate surface area is 108 Å². The van der Waals surface area contributed by atoms with Gasteiger partial charge in [0.25, 0.3) is 0 Å². The molecule has 0 aromatic carbocycles. The van der Waals surface area contributed by atoms with Crippen molar-refractivity contribution in [2.75, 3.05) is 11.9 Å². The second-order valence-electron chi connectivity index (χ2n) is 5.49. The van der Waals surface area contributed by atoms with Gasteiger partial charge in [-0.1, -0.05) is 32.9 Å². The van der Waals surface area contributed by atoms with Crippen LogP contribution in [-0.2, 0) is 5.41 Å². The predicted octanol–water partition coefficient (Wildman–Crippen LogP) is 3.07. The number of hydrogen-bond acceptors (Lipinski definition) is 3. The predicted molar refractivity (Wildman–Crippen MR) is 73.2 cm³/mol. The van der Waals surface area contributed by atoms with Gasteiger partial charge in [0, 0.05) is 17.7 Å². The van der Waals surface area contributed by atoms with Crippen LogP contribution in [0.1, 0.15) is 43.7 Å². The second kappa shape index (κ2) is 5.21. The molecular formula is C14H20N2O2. The highest BCUT2D eigenvalue weighted by molar-refractivity contribution is 5.88. The Kier molecular flexibility index (Phi) is 4.11. The fourth-order valence-electron chi connectivity index (χ4n) is 1.37. The molecule has 98 valence electrons. The van der Waals surface area contributed by atoms with E-state index in [0.717, 1.165) is 11.3 Å². The van der Waals surface area contributed by atoms with E-state index >= 15 is 0 Å². The molecule has 4 nitrogen and oxygen atoms in total. The van der Waals surface area contributed by atoms with Crippen molar-refractivity contribution in [3.8, 4) is 0 Å². The molecule has 0 saturated carbocycles. The third kappa shape index (κ3) is 3.87. The highest BCUT2D eigenvalue weighted by atomic mass is 16.4. The van der Waals surface area contributed by atoms with Crippen LogP contribution in [0.25, 0.3) is 0 Å². The number of carbonyl (C=O) groups is 1. The number of nitrogens with one attached hydrogen (secondary N) is 1. The van der Waals surface area contributed by atoms with Gasteiger partial charge < -0.3 is 10.4 Å². The average molecular weight is 248 g/mol. The molecule has 0 aliphatic heterocycles. The Bertz CT molecular complexity index is 473. The summed E-state index contributed by atoms with van der Waals surface area (Å²) in [5, 5.41) is 12.2. The lowest BCUT2D eigenvalue weighted by Crippen LogP contribution is -2.17. The number of carboxylic acids is 1. The Morgan fingerprint density at radius 2 is 2.06 bits per heavy atom. The zero-order valence-corrected chi connectivity index (χ0v) is 11.4. The van der Waals surface area contributed by atoms with E-state index in [-0.39, 0.29) is 11.0 Å². The Morgan fingerprint density at radius 3 is 2.50 bits per heavy atom. The number of rotatable bonds is 4. The van der Waals surface area contributed by atoms with Crippen LogP contribution in [0, 0.1) is 0 Å². The third-order valence-corrected chi connectivity index (χ3v) is 2.41. The fourth-order valence-corrected chi connectivity index (χ4v) is 1.37. The molecule has 1 aromatic rings. The summed E-state index contributed by atoms with van der Waals surface area (Å²) < 4.78 is 0. The zero-order chi connectivity index (χ0) is 13.9. The first-order valence-corrected chi connectivity index (χ1v) is 5.84. The van der Waals surface area contributed by atoms with Crippen molar-refractivity contribution in [1.82, 2.24) is 4.98 Å². The van der Waals surface area contributed by atoms with Crippen LogP contribution >= 0.6 is 0 Å². The number of nitrogens with zero attached hydrogens (tertiary/aromatic N) is 1. The van der Waals surface area contributed by atoms with Gasteiger partial charge in [0.1, 0.15) is 5.82 Å². The quantitative estimate of drug-likeness (QED) is 0.804. The van der Waals surface area contributed by atoms with Crippen molar-refractivity contribution >= 4 is 11.8 Å². The summed E-state index contributed by atoms with van der Waals surface area (Å²) in [5.74, 6) is -0.371. The van der Waals surface area contributed by atoms with Crippen LogP contribution in [0.15, 0.2) is 24.3 Å². The van der Waals surface area contributed by atoms with Crippen LogP contribution in [0.2, 0.25) is 0 Å². The van der Waals surface area contributed by atoms with E-state index < -0.39 is 5.97 Å². The van der Waals surface area contributed by atoms with Gasteiger partial charge in [0.05, 0.1) is 5.56 Å². The molecule has 0 fully saturated rings. The van der Waals surface area contributed by atoms with Crippen LogP contribution < -0.4 is 5.32 Å². The van der Waals surface area contributed by atoms with E-state index in [1.165, 1.54) is 0 Å². The Morgan fingerprint density at radius 1 is 1.44 bits per heavy atom. The topological polar surface area (TPSA) is 62.2 Å². The van der Waals surface area contributed by atoms with E-state index in [2.05, 4.69) is 16.9 Å². The molecule has 0 amide bonds. The lowest BCUT2D eigenvalue weighted by atomic mass is 9.91. The molecule has 18 heavy (non-hydrogen) atoms. The van der Waals surface area contributed by atoms with Crippen LogP contribution in [-0.4, -0.2) is 22.6 Å². The molecule has 2 N–H and O–H groups in total. The maximum Gasteiger partial charge on any atom is 0.335 e. The molecule has 0 bridgehead atoms. The highest BCUT2D eigenvalue weighted by Crippen LogP contribution is 2.23. The van der Waals surface area contributed by atoms with Crippen molar-refractivity contribution in [1.29, 1.82) is 0 Å². The van der Waals surface area contributed by atoms with E-state index in [0.29, 0.717) is 12.4 Å². The second-order valence-corrected chi connectivity index (χ2v) is 5.49. The lowest BCUT2D eigenvalue weighted by Gasteiger charge is -2.19. The van der Waals surface area contributed by atoms with Crippen LogP contribution in [0.5, 0.6) is 0 Å². The maximum absolute atomic E-state index is 11.1. The van der Waals surface area contributed by atoms with Crippen LogP contribution in [0.3, 0.4) is 0 Å². The monoisotopic (exact) mass is 248 g/mol. The van der Waals surface area contributed by atoms with Crippen molar-refractivity contribution in [2.24, 2.45) is 0 Å². The summed E-state index contributed by atoms with van der Waals surface area (Å²) in [6, 6.07) is 3.16. The number of aromatic nitrogens is 1. The molecule has 1 heterocycles. The normalized spacial score (nSPS) is 11.1. The molecule has 1 rings (SSSR count). The van der Waals surface area contributed by atoms with Gasteiger partial charge >= 0.3 is 5.97 Å². The van der Waals surface area contributed by atoms with Gasteiger partial charge in [-0.05, 0) is 19.1 Å². The molecule has 0 spiro atoms. The molecule has 0 aliphatic rings. The number of pyridine rings is 1. The molecule has 0 unspecified atom stereocenters.